The lowest BCUT2D eigenvalue weighted by atomic mass is 9.85. The van der Waals surface area contributed by atoms with E-state index in [1.165, 1.54) is 7.05 Å². The topological polar surface area (TPSA) is 41.1 Å². The SMILES string of the molecule is CNC(=O)NCC[C@H](c1c(F)cc(F)cc1F)C(C)C. The number of halogens is 3. The average molecular weight is 288 g/mol. The fourth-order valence-corrected chi connectivity index (χ4v) is 2.15. The molecule has 2 amide bonds. The van der Waals surface area contributed by atoms with Crippen molar-refractivity contribution in [1.29, 1.82) is 0 Å². The second-order valence-corrected chi connectivity index (χ2v) is 4.93. The fourth-order valence-electron chi connectivity index (χ4n) is 2.15. The van der Waals surface area contributed by atoms with Crippen LogP contribution in [0.5, 0.6) is 0 Å². The Morgan fingerprint density at radius 2 is 1.75 bits per heavy atom. The van der Waals surface area contributed by atoms with Crippen LogP contribution in [0.15, 0.2) is 12.1 Å². The number of carbonyl (C=O) groups is 1. The number of urea groups is 1. The number of carbonyl (C=O) groups excluding carboxylic acids is 1. The van der Waals surface area contributed by atoms with Gasteiger partial charge in [0.15, 0.2) is 0 Å². The van der Waals surface area contributed by atoms with E-state index in [9.17, 15) is 18.0 Å². The molecule has 0 aliphatic rings. The van der Waals surface area contributed by atoms with Crippen molar-refractivity contribution < 1.29 is 18.0 Å². The minimum atomic E-state index is -0.935. The maximum absolute atomic E-state index is 13.8. The Balaban J connectivity index is 2.89. The maximum Gasteiger partial charge on any atom is 0.314 e. The van der Waals surface area contributed by atoms with E-state index in [1.54, 1.807) is 0 Å². The molecule has 0 radical (unpaired) electrons. The number of hydrogen-bond acceptors (Lipinski definition) is 1. The molecule has 3 nitrogen and oxygen atoms in total. The first-order valence-corrected chi connectivity index (χ1v) is 6.46. The van der Waals surface area contributed by atoms with Crippen molar-refractivity contribution in [2.24, 2.45) is 5.92 Å². The molecule has 0 saturated carbocycles. The molecule has 2 N–H and O–H groups in total. The highest BCUT2D eigenvalue weighted by molar-refractivity contribution is 5.73. The molecule has 0 aliphatic carbocycles. The molecule has 0 aromatic heterocycles. The molecule has 0 saturated heterocycles. The summed E-state index contributed by atoms with van der Waals surface area (Å²) in [5, 5.41) is 4.96. The molecule has 1 aromatic rings. The Bertz CT molecular complexity index is 454. The lowest BCUT2D eigenvalue weighted by molar-refractivity contribution is 0.242. The van der Waals surface area contributed by atoms with Gasteiger partial charge < -0.3 is 10.6 Å². The van der Waals surface area contributed by atoms with Crippen molar-refractivity contribution in [3.63, 3.8) is 0 Å². The normalized spacial score (nSPS) is 12.3. The second kappa shape index (κ2) is 7.17. The summed E-state index contributed by atoms with van der Waals surface area (Å²) in [6.07, 6.45) is 0.366. The van der Waals surface area contributed by atoms with Crippen molar-refractivity contribution in [1.82, 2.24) is 10.6 Å². The smallest absolute Gasteiger partial charge is 0.314 e. The quantitative estimate of drug-likeness (QED) is 0.858. The minimum absolute atomic E-state index is 0.0454. The van der Waals surface area contributed by atoms with Crippen LogP contribution in [0.3, 0.4) is 0 Å². The Hall–Kier alpha value is -1.72. The van der Waals surface area contributed by atoms with Crippen LogP contribution in [0.1, 0.15) is 31.7 Å². The van der Waals surface area contributed by atoms with Crippen LogP contribution >= 0.6 is 0 Å². The van der Waals surface area contributed by atoms with E-state index < -0.39 is 23.4 Å². The lowest BCUT2D eigenvalue weighted by Gasteiger charge is -2.22. The molecule has 1 aromatic carbocycles. The third kappa shape index (κ3) is 4.15. The Kier molecular flexibility index (Phi) is 5.85. The number of nitrogens with one attached hydrogen (secondary N) is 2. The third-order valence-corrected chi connectivity index (χ3v) is 3.19. The molecular formula is C14H19F3N2O. The summed E-state index contributed by atoms with van der Waals surface area (Å²) in [5.74, 6) is -3.19. The molecule has 20 heavy (non-hydrogen) atoms. The van der Waals surface area contributed by atoms with E-state index in [0.29, 0.717) is 18.6 Å². The van der Waals surface area contributed by atoms with Gasteiger partial charge in [0.25, 0.3) is 0 Å². The molecule has 1 atom stereocenters. The molecule has 0 bridgehead atoms. The Labute approximate surface area is 116 Å². The summed E-state index contributed by atoms with van der Waals surface area (Å²) in [5.41, 5.74) is -0.125. The van der Waals surface area contributed by atoms with Crippen LogP contribution in [0, 0.1) is 23.4 Å². The van der Waals surface area contributed by atoms with E-state index in [2.05, 4.69) is 10.6 Å². The monoisotopic (exact) mass is 288 g/mol. The van der Waals surface area contributed by atoms with Crippen molar-refractivity contribution in [3.8, 4) is 0 Å². The molecule has 0 aliphatic heterocycles. The minimum Gasteiger partial charge on any atom is -0.341 e. The van der Waals surface area contributed by atoms with Gasteiger partial charge in [0, 0.05) is 31.3 Å². The van der Waals surface area contributed by atoms with Gasteiger partial charge in [0.2, 0.25) is 0 Å². The van der Waals surface area contributed by atoms with Gasteiger partial charge in [-0.1, -0.05) is 13.8 Å². The number of amides is 2. The zero-order chi connectivity index (χ0) is 15.3. The molecule has 0 spiro atoms. The Morgan fingerprint density at radius 3 is 2.20 bits per heavy atom. The Morgan fingerprint density at radius 1 is 1.20 bits per heavy atom. The van der Waals surface area contributed by atoms with Crippen LogP contribution in [0.2, 0.25) is 0 Å². The zero-order valence-corrected chi connectivity index (χ0v) is 11.8. The van der Waals surface area contributed by atoms with Gasteiger partial charge in [0.1, 0.15) is 17.5 Å². The van der Waals surface area contributed by atoms with E-state index in [-0.39, 0.29) is 24.1 Å². The van der Waals surface area contributed by atoms with Crippen LogP contribution < -0.4 is 10.6 Å². The van der Waals surface area contributed by atoms with Gasteiger partial charge >= 0.3 is 6.03 Å². The summed E-state index contributed by atoms with van der Waals surface area (Å²) < 4.78 is 40.5. The highest BCUT2D eigenvalue weighted by atomic mass is 19.1. The first-order valence-electron chi connectivity index (χ1n) is 6.46. The average Bonchev–Trinajstić information content (AvgIpc) is 2.35. The first-order chi connectivity index (χ1) is 9.36. The number of hydrogen-bond donors (Lipinski definition) is 2. The highest BCUT2D eigenvalue weighted by Crippen LogP contribution is 2.32. The van der Waals surface area contributed by atoms with Crippen LogP contribution in [0.4, 0.5) is 18.0 Å². The largest absolute Gasteiger partial charge is 0.341 e. The van der Waals surface area contributed by atoms with Crippen molar-refractivity contribution in [3.05, 3.63) is 35.1 Å². The summed E-state index contributed by atoms with van der Waals surface area (Å²) in [6, 6.07) is 1.01. The predicted octanol–water partition coefficient (Wildman–Crippen LogP) is 3.16. The molecule has 0 heterocycles. The van der Waals surface area contributed by atoms with Gasteiger partial charge in [-0.3, -0.25) is 0 Å². The highest BCUT2D eigenvalue weighted by Gasteiger charge is 2.24. The van der Waals surface area contributed by atoms with Gasteiger partial charge in [-0.2, -0.15) is 0 Å². The standard InChI is InChI=1S/C14H19F3N2O/c1-8(2)10(4-5-19-14(20)18-3)13-11(16)6-9(15)7-12(13)17/h6-8,10H,4-5H2,1-3H3,(H2,18,19,20)/t10-/m0/s1. The molecule has 1 rings (SSSR count). The molecular weight excluding hydrogens is 269 g/mol. The third-order valence-electron chi connectivity index (χ3n) is 3.19. The molecule has 0 unspecified atom stereocenters. The molecule has 112 valence electrons. The van der Waals surface area contributed by atoms with Crippen LogP contribution in [0.25, 0.3) is 0 Å². The number of benzene rings is 1. The molecule has 6 heteroatoms. The summed E-state index contributed by atoms with van der Waals surface area (Å²) in [4.78, 5) is 11.1. The van der Waals surface area contributed by atoms with Crippen molar-refractivity contribution in [2.75, 3.05) is 13.6 Å². The van der Waals surface area contributed by atoms with Crippen molar-refractivity contribution >= 4 is 6.03 Å². The van der Waals surface area contributed by atoms with Gasteiger partial charge in [-0.15, -0.1) is 0 Å². The zero-order valence-electron chi connectivity index (χ0n) is 11.8. The van der Waals surface area contributed by atoms with E-state index in [4.69, 9.17) is 0 Å². The van der Waals surface area contributed by atoms with Gasteiger partial charge in [0.05, 0.1) is 0 Å². The molecule has 0 fully saturated rings. The summed E-state index contributed by atoms with van der Waals surface area (Å²) >= 11 is 0. The van der Waals surface area contributed by atoms with Crippen molar-refractivity contribution in [2.45, 2.75) is 26.2 Å². The maximum atomic E-state index is 13.8. The van der Waals surface area contributed by atoms with E-state index >= 15 is 0 Å². The summed E-state index contributed by atoms with van der Waals surface area (Å²) in [6.45, 7) is 3.93. The van der Waals surface area contributed by atoms with Crippen LogP contribution in [-0.2, 0) is 0 Å². The fraction of sp³-hybridized carbons (Fsp3) is 0.500. The van der Waals surface area contributed by atoms with E-state index in [1.807, 2.05) is 13.8 Å². The van der Waals surface area contributed by atoms with Gasteiger partial charge in [-0.05, 0) is 18.3 Å². The van der Waals surface area contributed by atoms with Crippen LogP contribution in [-0.4, -0.2) is 19.6 Å². The lowest BCUT2D eigenvalue weighted by Crippen LogP contribution is -2.34. The van der Waals surface area contributed by atoms with Gasteiger partial charge in [-0.25, -0.2) is 18.0 Å². The number of rotatable bonds is 5. The van der Waals surface area contributed by atoms with E-state index in [0.717, 1.165) is 0 Å². The predicted molar refractivity (Wildman–Crippen MR) is 71.0 cm³/mol. The second-order valence-electron chi connectivity index (χ2n) is 4.93. The first kappa shape index (κ1) is 16.3. The summed E-state index contributed by atoms with van der Waals surface area (Å²) in [7, 11) is 1.48.